The molecule has 1 amide bonds. The summed E-state index contributed by atoms with van der Waals surface area (Å²) in [6, 6.07) is 8.02. The minimum Gasteiger partial charge on any atom is -0.483 e. The molecule has 2 rings (SSSR count). The fraction of sp³-hybridized carbons (Fsp3) is 0.632. The Morgan fingerprint density at radius 3 is 2.61 bits per heavy atom. The van der Waals surface area contributed by atoms with Gasteiger partial charge in [-0.15, -0.1) is 0 Å². The van der Waals surface area contributed by atoms with Crippen LogP contribution in [0, 0.1) is 0 Å². The van der Waals surface area contributed by atoms with E-state index in [4.69, 9.17) is 9.47 Å². The Hall–Kier alpha value is -1.55. The first-order chi connectivity index (χ1) is 11.2. The average Bonchev–Trinajstić information content (AvgIpc) is 2.60. The molecule has 1 unspecified atom stereocenters. The number of hydrogen-bond acceptors (Lipinski definition) is 3. The van der Waals surface area contributed by atoms with Crippen LogP contribution in [0.1, 0.15) is 51.5 Å². The molecule has 1 aliphatic rings. The van der Waals surface area contributed by atoms with E-state index in [0.717, 1.165) is 44.7 Å². The van der Waals surface area contributed by atoms with Gasteiger partial charge in [0.05, 0.1) is 6.10 Å². The number of hydrogen-bond donors (Lipinski definition) is 0. The molecule has 0 radical (unpaired) electrons. The Kier molecular flexibility index (Phi) is 6.90. The normalized spacial score (nSPS) is 17.1. The van der Waals surface area contributed by atoms with Crippen LogP contribution in [0.3, 0.4) is 0 Å². The number of ether oxygens (including phenoxy) is 2. The van der Waals surface area contributed by atoms with E-state index in [1.54, 1.807) is 0 Å². The van der Waals surface area contributed by atoms with Crippen LogP contribution in [-0.4, -0.2) is 43.2 Å². The molecular weight excluding hydrogens is 290 g/mol. The highest BCUT2D eigenvalue weighted by atomic mass is 16.5. The lowest BCUT2D eigenvalue weighted by Crippen LogP contribution is -2.43. The summed E-state index contributed by atoms with van der Waals surface area (Å²) in [6.45, 7) is 8.75. The summed E-state index contributed by atoms with van der Waals surface area (Å²) < 4.78 is 11.5. The van der Waals surface area contributed by atoms with Gasteiger partial charge < -0.3 is 14.4 Å². The van der Waals surface area contributed by atoms with Crippen molar-refractivity contribution in [1.29, 1.82) is 0 Å². The van der Waals surface area contributed by atoms with Gasteiger partial charge >= 0.3 is 0 Å². The minimum atomic E-state index is 0.0684. The largest absolute Gasteiger partial charge is 0.483 e. The molecule has 1 aliphatic heterocycles. The lowest BCUT2D eigenvalue weighted by atomic mass is 9.98. The van der Waals surface area contributed by atoms with E-state index in [1.165, 1.54) is 5.56 Å². The molecule has 128 valence electrons. The Balaban J connectivity index is 1.86. The highest BCUT2D eigenvalue weighted by molar-refractivity contribution is 5.77. The number of rotatable bonds is 7. The summed E-state index contributed by atoms with van der Waals surface area (Å²) in [5.74, 6) is 1.33. The maximum Gasteiger partial charge on any atom is 0.260 e. The number of carbonyl (C=O) groups is 1. The first-order valence-corrected chi connectivity index (χ1v) is 8.76. The standard InChI is InChI=1S/C19H29NO3/c1-4-15(3)17-8-6-7-9-18(17)23-14-19(21)20-12-10-16(11-13-20)22-5-2/h6-9,15-16H,4-5,10-14H2,1-3H3. The molecule has 1 heterocycles. The van der Waals surface area contributed by atoms with Gasteiger partial charge in [-0.1, -0.05) is 32.0 Å². The summed E-state index contributed by atoms with van der Waals surface area (Å²) >= 11 is 0. The molecule has 0 bridgehead atoms. The van der Waals surface area contributed by atoms with Crippen molar-refractivity contribution < 1.29 is 14.3 Å². The molecule has 1 saturated heterocycles. The predicted octanol–water partition coefficient (Wildman–Crippen LogP) is 3.61. The number of para-hydroxylation sites is 1. The minimum absolute atomic E-state index is 0.0684. The SMILES string of the molecule is CCOC1CCN(C(=O)COc2ccccc2C(C)CC)CC1. The van der Waals surface area contributed by atoms with Crippen molar-refractivity contribution in [3.05, 3.63) is 29.8 Å². The molecule has 1 atom stereocenters. The van der Waals surface area contributed by atoms with Gasteiger partial charge in [0, 0.05) is 19.7 Å². The molecule has 0 saturated carbocycles. The van der Waals surface area contributed by atoms with Gasteiger partial charge in [0.25, 0.3) is 5.91 Å². The second-order valence-corrected chi connectivity index (χ2v) is 6.17. The maximum atomic E-state index is 12.3. The number of benzene rings is 1. The van der Waals surface area contributed by atoms with E-state index in [-0.39, 0.29) is 12.5 Å². The van der Waals surface area contributed by atoms with E-state index >= 15 is 0 Å². The zero-order valence-electron chi connectivity index (χ0n) is 14.6. The van der Waals surface area contributed by atoms with Crippen molar-refractivity contribution in [1.82, 2.24) is 4.90 Å². The molecule has 1 aromatic rings. The average molecular weight is 319 g/mol. The van der Waals surface area contributed by atoms with E-state index in [9.17, 15) is 4.79 Å². The number of likely N-dealkylation sites (tertiary alicyclic amines) is 1. The Bertz CT molecular complexity index is 495. The monoisotopic (exact) mass is 319 g/mol. The second-order valence-electron chi connectivity index (χ2n) is 6.17. The summed E-state index contributed by atoms with van der Waals surface area (Å²) in [5.41, 5.74) is 1.18. The zero-order chi connectivity index (χ0) is 16.7. The highest BCUT2D eigenvalue weighted by Crippen LogP contribution is 2.28. The molecular formula is C19H29NO3. The molecule has 23 heavy (non-hydrogen) atoms. The zero-order valence-corrected chi connectivity index (χ0v) is 14.6. The quantitative estimate of drug-likeness (QED) is 0.770. The van der Waals surface area contributed by atoms with Gasteiger partial charge in [-0.05, 0) is 43.7 Å². The molecule has 0 aromatic heterocycles. The van der Waals surface area contributed by atoms with Crippen LogP contribution in [0.4, 0.5) is 0 Å². The summed E-state index contributed by atoms with van der Waals surface area (Å²) in [7, 11) is 0. The lowest BCUT2D eigenvalue weighted by Gasteiger charge is -2.31. The van der Waals surface area contributed by atoms with Gasteiger partial charge in [0.1, 0.15) is 5.75 Å². The molecule has 0 aliphatic carbocycles. The van der Waals surface area contributed by atoms with Gasteiger partial charge in [0.2, 0.25) is 0 Å². The fourth-order valence-corrected chi connectivity index (χ4v) is 2.98. The van der Waals surface area contributed by atoms with Crippen LogP contribution in [0.5, 0.6) is 5.75 Å². The number of carbonyl (C=O) groups excluding carboxylic acids is 1. The van der Waals surface area contributed by atoms with Crippen molar-refractivity contribution in [2.24, 2.45) is 0 Å². The summed E-state index contributed by atoms with van der Waals surface area (Å²) in [5, 5.41) is 0. The number of nitrogens with zero attached hydrogens (tertiary/aromatic N) is 1. The maximum absolute atomic E-state index is 12.3. The van der Waals surface area contributed by atoms with Crippen molar-refractivity contribution in [2.45, 2.75) is 52.1 Å². The molecule has 4 heteroatoms. The van der Waals surface area contributed by atoms with Crippen LogP contribution < -0.4 is 4.74 Å². The summed E-state index contributed by atoms with van der Waals surface area (Å²) in [4.78, 5) is 14.2. The third-order valence-corrected chi connectivity index (χ3v) is 4.61. The fourth-order valence-electron chi connectivity index (χ4n) is 2.98. The van der Waals surface area contributed by atoms with Crippen molar-refractivity contribution >= 4 is 5.91 Å². The smallest absolute Gasteiger partial charge is 0.260 e. The van der Waals surface area contributed by atoms with E-state index in [0.29, 0.717) is 12.0 Å². The van der Waals surface area contributed by atoms with Crippen molar-refractivity contribution in [2.75, 3.05) is 26.3 Å². The third kappa shape index (κ3) is 4.96. The van der Waals surface area contributed by atoms with Crippen LogP contribution in [-0.2, 0) is 9.53 Å². The van der Waals surface area contributed by atoms with Crippen LogP contribution in [0.2, 0.25) is 0 Å². The highest BCUT2D eigenvalue weighted by Gasteiger charge is 2.23. The first kappa shape index (κ1) is 17.8. The Labute approximate surface area is 139 Å². The molecule has 1 fully saturated rings. The second kappa shape index (κ2) is 8.92. The molecule has 0 N–H and O–H groups in total. The first-order valence-electron chi connectivity index (χ1n) is 8.76. The van der Waals surface area contributed by atoms with E-state index < -0.39 is 0 Å². The van der Waals surface area contributed by atoms with Gasteiger partial charge in [0.15, 0.2) is 6.61 Å². The molecule has 1 aromatic carbocycles. The summed E-state index contributed by atoms with van der Waals surface area (Å²) in [6.07, 6.45) is 3.20. The van der Waals surface area contributed by atoms with Gasteiger partial charge in [-0.2, -0.15) is 0 Å². The van der Waals surface area contributed by atoms with E-state index in [1.807, 2.05) is 30.0 Å². The number of amides is 1. The van der Waals surface area contributed by atoms with Crippen LogP contribution in [0.15, 0.2) is 24.3 Å². The molecule has 4 nitrogen and oxygen atoms in total. The topological polar surface area (TPSA) is 38.8 Å². The predicted molar refractivity (Wildman–Crippen MR) is 91.9 cm³/mol. The Morgan fingerprint density at radius 1 is 1.26 bits per heavy atom. The third-order valence-electron chi connectivity index (χ3n) is 4.61. The van der Waals surface area contributed by atoms with Crippen molar-refractivity contribution in [3.8, 4) is 5.75 Å². The number of piperidine rings is 1. The lowest BCUT2D eigenvalue weighted by molar-refractivity contribution is -0.135. The van der Waals surface area contributed by atoms with Crippen molar-refractivity contribution in [3.63, 3.8) is 0 Å². The Morgan fingerprint density at radius 2 is 1.96 bits per heavy atom. The van der Waals surface area contributed by atoms with Crippen LogP contribution >= 0.6 is 0 Å². The van der Waals surface area contributed by atoms with E-state index in [2.05, 4.69) is 19.9 Å². The van der Waals surface area contributed by atoms with Crippen LogP contribution in [0.25, 0.3) is 0 Å². The van der Waals surface area contributed by atoms with Gasteiger partial charge in [-0.3, -0.25) is 4.79 Å². The molecule has 0 spiro atoms. The van der Waals surface area contributed by atoms with Gasteiger partial charge in [-0.25, -0.2) is 0 Å².